The normalized spacial score (nSPS) is 10.3. The van der Waals surface area contributed by atoms with E-state index in [1.165, 1.54) is 18.9 Å². The van der Waals surface area contributed by atoms with Crippen LogP contribution in [-0.2, 0) is 23.2 Å². The number of anilines is 2. The molecule has 2 heterocycles. The highest BCUT2D eigenvalue weighted by Gasteiger charge is 2.15. The van der Waals surface area contributed by atoms with Gasteiger partial charge in [-0.05, 0) is 12.1 Å². The van der Waals surface area contributed by atoms with E-state index >= 15 is 0 Å². The zero-order valence-corrected chi connectivity index (χ0v) is 17.5. The minimum atomic E-state index is -0.304. The fourth-order valence-electron chi connectivity index (χ4n) is 2.46. The molecule has 0 atom stereocenters. The van der Waals surface area contributed by atoms with Crippen molar-refractivity contribution in [1.29, 1.82) is 0 Å². The van der Waals surface area contributed by atoms with Crippen LogP contribution in [0.5, 0.6) is 5.75 Å². The number of halogens is 1. The van der Waals surface area contributed by atoms with Crippen LogP contribution in [0.3, 0.4) is 0 Å². The van der Waals surface area contributed by atoms with Crippen molar-refractivity contribution in [2.75, 3.05) is 24.3 Å². The molecule has 154 valence electrons. The van der Waals surface area contributed by atoms with Crippen LogP contribution in [-0.4, -0.2) is 38.4 Å². The zero-order chi connectivity index (χ0) is 20.1. The van der Waals surface area contributed by atoms with E-state index in [0.717, 1.165) is 11.3 Å². The average molecular weight is 437 g/mol. The molecule has 0 bridgehead atoms. The van der Waals surface area contributed by atoms with Crippen LogP contribution in [0.4, 0.5) is 11.8 Å². The fraction of sp³-hybridized carbons (Fsp3) is 0.222. The molecule has 0 aliphatic carbocycles. The molecule has 11 heteroatoms. The molecule has 9 nitrogen and oxygen atoms in total. The molecule has 3 aromatic rings. The summed E-state index contributed by atoms with van der Waals surface area (Å²) in [6.45, 7) is 0.199. The standard InChI is InChI=1S/C18H20N6O3S.ClH/c1-24-13(8-22-18(24)28-10-15(25)26-2)12-5-3-4-6-14(12)27-9-11-7-21-17(20)23-16(11)19;/h3-8H,9-10H2,1-2H3,(H4,19,20,21,23);1H. The summed E-state index contributed by atoms with van der Waals surface area (Å²) >= 11 is 1.31. The second kappa shape index (κ2) is 9.99. The lowest BCUT2D eigenvalue weighted by atomic mass is 10.1. The molecule has 0 spiro atoms. The van der Waals surface area contributed by atoms with Gasteiger partial charge in [0.2, 0.25) is 5.95 Å². The quantitative estimate of drug-likeness (QED) is 0.423. The Bertz CT molecular complexity index is 997. The molecule has 0 unspecified atom stereocenters. The fourth-order valence-corrected chi connectivity index (χ4v) is 3.25. The van der Waals surface area contributed by atoms with Crippen molar-refractivity contribution in [2.24, 2.45) is 7.05 Å². The first-order chi connectivity index (χ1) is 13.5. The first kappa shape index (κ1) is 22.3. The molecule has 0 aliphatic rings. The lowest BCUT2D eigenvalue weighted by Gasteiger charge is -2.13. The maximum atomic E-state index is 11.4. The number of rotatable bonds is 7. The van der Waals surface area contributed by atoms with Crippen molar-refractivity contribution in [2.45, 2.75) is 11.8 Å². The molecule has 29 heavy (non-hydrogen) atoms. The second-order valence-corrected chi connectivity index (χ2v) is 6.72. The van der Waals surface area contributed by atoms with Gasteiger partial charge in [-0.15, -0.1) is 12.4 Å². The summed E-state index contributed by atoms with van der Waals surface area (Å²) in [4.78, 5) is 23.6. The van der Waals surface area contributed by atoms with Gasteiger partial charge in [0, 0.05) is 18.8 Å². The Kier molecular flexibility index (Phi) is 7.68. The summed E-state index contributed by atoms with van der Waals surface area (Å²) < 4.78 is 12.5. The number of para-hydroxylation sites is 1. The van der Waals surface area contributed by atoms with Crippen LogP contribution in [0.25, 0.3) is 11.3 Å². The smallest absolute Gasteiger partial charge is 0.316 e. The summed E-state index contributed by atoms with van der Waals surface area (Å²) in [5.74, 6) is 0.948. The van der Waals surface area contributed by atoms with Gasteiger partial charge in [-0.25, -0.2) is 9.97 Å². The molecule has 0 saturated carbocycles. The predicted octanol–water partition coefficient (Wildman–Crippen LogP) is 2.31. The van der Waals surface area contributed by atoms with E-state index in [2.05, 4.69) is 19.7 Å². The van der Waals surface area contributed by atoms with Gasteiger partial charge in [-0.1, -0.05) is 23.9 Å². The molecule has 4 N–H and O–H groups in total. The number of hydrogen-bond acceptors (Lipinski definition) is 9. The van der Waals surface area contributed by atoms with Gasteiger partial charge in [0.25, 0.3) is 0 Å². The van der Waals surface area contributed by atoms with Crippen LogP contribution in [0.2, 0.25) is 0 Å². The molecule has 0 amide bonds. The Morgan fingerprint density at radius 3 is 2.69 bits per heavy atom. The van der Waals surface area contributed by atoms with Crippen molar-refractivity contribution >= 4 is 41.9 Å². The van der Waals surface area contributed by atoms with Gasteiger partial charge >= 0.3 is 5.97 Å². The molecular formula is C18H21ClN6O3S. The maximum absolute atomic E-state index is 11.4. The summed E-state index contributed by atoms with van der Waals surface area (Å²) in [6, 6.07) is 7.59. The summed E-state index contributed by atoms with van der Waals surface area (Å²) in [7, 11) is 3.24. The molecule has 0 radical (unpaired) electrons. The van der Waals surface area contributed by atoms with Crippen LogP contribution in [0.15, 0.2) is 41.8 Å². The zero-order valence-electron chi connectivity index (χ0n) is 15.9. The predicted molar refractivity (Wildman–Crippen MR) is 114 cm³/mol. The third kappa shape index (κ3) is 5.30. The van der Waals surface area contributed by atoms with E-state index in [1.54, 1.807) is 12.4 Å². The number of esters is 1. The van der Waals surface area contributed by atoms with Gasteiger partial charge in [0.15, 0.2) is 5.16 Å². The lowest BCUT2D eigenvalue weighted by molar-refractivity contribution is -0.137. The Labute approximate surface area is 178 Å². The minimum Gasteiger partial charge on any atom is -0.488 e. The third-order valence-corrected chi connectivity index (χ3v) is 4.97. The molecular weight excluding hydrogens is 416 g/mol. The number of benzene rings is 1. The largest absolute Gasteiger partial charge is 0.488 e. The van der Waals surface area contributed by atoms with Gasteiger partial charge < -0.3 is 25.5 Å². The number of methoxy groups -OCH3 is 1. The molecule has 1 aromatic carbocycles. The van der Waals surface area contributed by atoms with Gasteiger partial charge in [0.05, 0.1) is 30.3 Å². The van der Waals surface area contributed by atoms with Crippen molar-refractivity contribution < 1.29 is 14.3 Å². The summed E-state index contributed by atoms with van der Waals surface area (Å²) in [5, 5.41) is 0.700. The van der Waals surface area contributed by atoms with Crippen molar-refractivity contribution in [3.8, 4) is 17.0 Å². The Balaban J connectivity index is 0.00000300. The third-order valence-electron chi connectivity index (χ3n) is 3.96. The first-order valence-corrected chi connectivity index (χ1v) is 9.28. The minimum absolute atomic E-state index is 0. The Hall–Kier alpha value is -2.98. The topological polar surface area (TPSA) is 131 Å². The number of nitrogen functional groups attached to an aromatic ring is 2. The van der Waals surface area contributed by atoms with Gasteiger partial charge in [-0.2, -0.15) is 4.98 Å². The first-order valence-electron chi connectivity index (χ1n) is 8.30. The summed E-state index contributed by atoms with van der Waals surface area (Å²) in [5.41, 5.74) is 13.7. The van der Waals surface area contributed by atoms with Crippen molar-refractivity contribution in [3.63, 3.8) is 0 Å². The van der Waals surface area contributed by atoms with Crippen LogP contribution in [0.1, 0.15) is 5.56 Å². The van der Waals surface area contributed by atoms with Gasteiger partial charge in [-0.3, -0.25) is 4.79 Å². The van der Waals surface area contributed by atoms with Crippen LogP contribution < -0.4 is 16.2 Å². The summed E-state index contributed by atoms with van der Waals surface area (Å²) in [6.07, 6.45) is 3.29. The number of hydrogen-bond donors (Lipinski definition) is 2. The number of ether oxygens (including phenoxy) is 2. The maximum Gasteiger partial charge on any atom is 0.316 e. The highest BCUT2D eigenvalue weighted by molar-refractivity contribution is 7.99. The second-order valence-electron chi connectivity index (χ2n) is 5.77. The number of carbonyl (C=O) groups excluding carboxylic acids is 1. The number of carbonyl (C=O) groups is 1. The van der Waals surface area contributed by atoms with E-state index < -0.39 is 0 Å². The molecule has 0 fully saturated rings. The molecule has 3 rings (SSSR count). The Morgan fingerprint density at radius 2 is 1.97 bits per heavy atom. The average Bonchev–Trinajstić information content (AvgIpc) is 3.06. The SMILES string of the molecule is COC(=O)CSc1ncc(-c2ccccc2OCc2cnc(N)nc2N)n1C.Cl. The van der Waals surface area contributed by atoms with Crippen molar-refractivity contribution in [1.82, 2.24) is 19.5 Å². The van der Waals surface area contributed by atoms with E-state index in [4.69, 9.17) is 16.2 Å². The van der Waals surface area contributed by atoms with E-state index in [1.807, 2.05) is 35.9 Å². The number of imidazole rings is 1. The number of nitrogens with two attached hydrogens (primary N) is 2. The molecule has 0 saturated heterocycles. The van der Waals surface area contributed by atoms with E-state index in [-0.39, 0.29) is 42.5 Å². The van der Waals surface area contributed by atoms with E-state index in [0.29, 0.717) is 16.5 Å². The van der Waals surface area contributed by atoms with E-state index in [9.17, 15) is 4.79 Å². The number of thioether (sulfide) groups is 1. The molecule has 0 aliphatic heterocycles. The van der Waals surface area contributed by atoms with Gasteiger partial charge in [0.1, 0.15) is 18.2 Å². The van der Waals surface area contributed by atoms with Crippen LogP contribution in [0, 0.1) is 0 Å². The van der Waals surface area contributed by atoms with Crippen molar-refractivity contribution in [3.05, 3.63) is 42.2 Å². The molecule has 2 aromatic heterocycles. The highest BCUT2D eigenvalue weighted by atomic mass is 35.5. The monoisotopic (exact) mass is 436 g/mol. The lowest BCUT2D eigenvalue weighted by Crippen LogP contribution is -2.07. The van der Waals surface area contributed by atoms with Crippen LogP contribution >= 0.6 is 24.2 Å². The number of nitrogens with zero attached hydrogens (tertiary/aromatic N) is 4. The highest BCUT2D eigenvalue weighted by Crippen LogP contribution is 2.32. The number of aromatic nitrogens is 4. The Morgan fingerprint density at radius 1 is 1.21 bits per heavy atom.